The van der Waals surface area contributed by atoms with E-state index in [1.54, 1.807) is 6.07 Å². The van der Waals surface area contributed by atoms with Crippen molar-refractivity contribution in [3.05, 3.63) is 42.0 Å². The van der Waals surface area contributed by atoms with E-state index in [1.807, 2.05) is 38.1 Å². The highest BCUT2D eigenvalue weighted by Gasteiger charge is 2.09. The van der Waals surface area contributed by atoms with Crippen molar-refractivity contribution >= 4 is 10.8 Å². The predicted molar refractivity (Wildman–Crippen MR) is 75.7 cm³/mol. The Hall–Kier alpha value is -1.50. The lowest BCUT2D eigenvalue weighted by Crippen LogP contribution is -1.92. The largest absolute Gasteiger partial charge is 0.507 e. The van der Waals surface area contributed by atoms with Gasteiger partial charge in [-0.1, -0.05) is 58.0 Å². The van der Waals surface area contributed by atoms with Crippen molar-refractivity contribution < 1.29 is 5.11 Å². The van der Waals surface area contributed by atoms with E-state index in [0.29, 0.717) is 11.7 Å². The summed E-state index contributed by atoms with van der Waals surface area (Å²) in [5.74, 6) is 0.910. The summed E-state index contributed by atoms with van der Waals surface area (Å²) in [6.45, 7) is 8.41. The second-order valence-electron chi connectivity index (χ2n) is 4.03. The zero-order valence-electron chi connectivity index (χ0n) is 11.2. The van der Waals surface area contributed by atoms with Gasteiger partial charge in [-0.3, -0.25) is 0 Å². The molecule has 0 bridgehead atoms. The first-order chi connectivity index (χ1) is 8.24. The number of phenolic OH excluding ortho intramolecular Hbond substituents is 1. The first-order valence-electron chi connectivity index (χ1n) is 6.44. The molecule has 0 amide bonds. The van der Waals surface area contributed by atoms with Crippen LogP contribution < -0.4 is 0 Å². The molecule has 1 N–H and O–H groups in total. The SMILES string of the molecule is CC.CCC(C)c1ccc(O)c2ccccc12. The highest BCUT2D eigenvalue weighted by Crippen LogP contribution is 2.32. The van der Waals surface area contributed by atoms with Crippen LogP contribution >= 0.6 is 0 Å². The van der Waals surface area contributed by atoms with Gasteiger partial charge in [0, 0.05) is 5.39 Å². The molecular formula is C16H22O. The molecule has 0 saturated heterocycles. The molecule has 2 rings (SSSR count). The van der Waals surface area contributed by atoms with Crippen LogP contribution in [0.2, 0.25) is 0 Å². The Kier molecular flexibility index (Phi) is 5.02. The smallest absolute Gasteiger partial charge is 0.123 e. The van der Waals surface area contributed by atoms with E-state index in [0.717, 1.165) is 11.8 Å². The number of hydrogen-bond acceptors (Lipinski definition) is 1. The summed E-state index contributed by atoms with van der Waals surface area (Å²) in [4.78, 5) is 0. The van der Waals surface area contributed by atoms with Crippen molar-refractivity contribution in [2.24, 2.45) is 0 Å². The van der Waals surface area contributed by atoms with Gasteiger partial charge in [-0.2, -0.15) is 0 Å². The van der Waals surface area contributed by atoms with Gasteiger partial charge in [0.25, 0.3) is 0 Å². The Bertz CT molecular complexity index is 474. The van der Waals surface area contributed by atoms with E-state index in [1.165, 1.54) is 10.9 Å². The monoisotopic (exact) mass is 230 g/mol. The first-order valence-corrected chi connectivity index (χ1v) is 6.44. The van der Waals surface area contributed by atoms with E-state index in [4.69, 9.17) is 0 Å². The highest BCUT2D eigenvalue weighted by molar-refractivity contribution is 5.91. The second-order valence-corrected chi connectivity index (χ2v) is 4.03. The summed E-state index contributed by atoms with van der Waals surface area (Å²) < 4.78 is 0. The average molecular weight is 230 g/mol. The molecule has 0 radical (unpaired) electrons. The molecule has 0 aliphatic rings. The predicted octanol–water partition coefficient (Wildman–Crippen LogP) is 5.09. The van der Waals surface area contributed by atoms with Crippen LogP contribution in [0.3, 0.4) is 0 Å². The zero-order chi connectivity index (χ0) is 12.8. The van der Waals surface area contributed by atoms with Crippen LogP contribution in [0.25, 0.3) is 10.8 Å². The molecule has 2 aromatic rings. The first kappa shape index (κ1) is 13.6. The van der Waals surface area contributed by atoms with Gasteiger partial charge in [-0.15, -0.1) is 0 Å². The summed E-state index contributed by atoms with van der Waals surface area (Å²) >= 11 is 0. The molecule has 0 aromatic heterocycles. The molecule has 1 atom stereocenters. The summed E-state index contributed by atoms with van der Waals surface area (Å²) in [5.41, 5.74) is 1.32. The molecule has 0 fully saturated rings. The summed E-state index contributed by atoms with van der Waals surface area (Å²) in [7, 11) is 0. The van der Waals surface area contributed by atoms with E-state index in [9.17, 15) is 5.11 Å². The van der Waals surface area contributed by atoms with Gasteiger partial charge >= 0.3 is 0 Å². The molecule has 0 aliphatic heterocycles. The topological polar surface area (TPSA) is 20.2 Å². The van der Waals surface area contributed by atoms with Crippen LogP contribution in [0.1, 0.15) is 45.6 Å². The van der Waals surface area contributed by atoms with Crippen molar-refractivity contribution in [1.82, 2.24) is 0 Å². The summed E-state index contributed by atoms with van der Waals surface area (Å²) in [6.07, 6.45) is 1.12. The molecule has 0 spiro atoms. The second kappa shape index (κ2) is 6.29. The van der Waals surface area contributed by atoms with Crippen LogP contribution in [0.4, 0.5) is 0 Å². The Morgan fingerprint density at radius 3 is 2.18 bits per heavy atom. The van der Waals surface area contributed by atoms with E-state index >= 15 is 0 Å². The van der Waals surface area contributed by atoms with E-state index in [-0.39, 0.29) is 0 Å². The third-order valence-corrected chi connectivity index (χ3v) is 3.08. The van der Waals surface area contributed by atoms with Gasteiger partial charge in [0.05, 0.1) is 0 Å². The molecule has 1 unspecified atom stereocenters. The van der Waals surface area contributed by atoms with Gasteiger partial charge in [-0.25, -0.2) is 0 Å². The van der Waals surface area contributed by atoms with Crippen molar-refractivity contribution in [3.8, 4) is 5.75 Å². The molecule has 2 aromatic carbocycles. The minimum Gasteiger partial charge on any atom is -0.507 e. The maximum absolute atomic E-state index is 9.75. The normalized spacial score (nSPS) is 11.8. The number of benzene rings is 2. The minimum atomic E-state index is 0.373. The van der Waals surface area contributed by atoms with Gasteiger partial charge in [0.1, 0.15) is 5.75 Å². The number of phenols is 1. The fourth-order valence-corrected chi connectivity index (χ4v) is 1.96. The van der Waals surface area contributed by atoms with Crippen LogP contribution in [0, 0.1) is 0 Å². The van der Waals surface area contributed by atoms with E-state index in [2.05, 4.69) is 19.9 Å². The lowest BCUT2D eigenvalue weighted by molar-refractivity contribution is 0.481. The number of fused-ring (bicyclic) bond motifs is 1. The van der Waals surface area contributed by atoms with Crippen LogP contribution in [-0.4, -0.2) is 5.11 Å². The van der Waals surface area contributed by atoms with Crippen LogP contribution in [-0.2, 0) is 0 Å². The zero-order valence-corrected chi connectivity index (χ0v) is 11.2. The van der Waals surface area contributed by atoms with Gasteiger partial charge < -0.3 is 5.11 Å². The summed E-state index contributed by atoms with van der Waals surface area (Å²) in [6, 6.07) is 11.9. The lowest BCUT2D eigenvalue weighted by atomic mass is 9.93. The Morgan fingerprint density at radius 2 is 1.59 bits per heavy atom. The van der Waals surface area contributed by atoms with Crippen molar-refractivity contribution in [2.75, 3.05) is 0 Å². The molecule has 0 saturated carbocycles. The highest BCUT2D eigenvalue weighted by atomic mass is 16.3. The van der Waals surface area contributed by atoms with Gasteiger partial charge in [-0.05, 0) is 29.4 Å². The van der Waals surface area contributed by atoms with Crippen molar-refractivity contribution in [1.29, 1.82) is 0 Å². The van der Waals surface area contributed by atoms with Gasteiger partial charge in [0.2, 0.25) is 0 Å². The molecule has 0 aliphatic carbocycles. The molecule has 1 heteroatoms. The lowest BCUT2D eigenvalue weighted by Gasteiger charge is -2.13. The molecule has 17 heavy (non-hydrogen) atoms. The maximum atomic E-state index is 9.75. The maximum Gasteiger partial charge on any atom is 0.123 e. The quantitative estimate of drug-likeness (QED) is 0.762. The number of hydrogen-bond donors (Lipinski definition) is 1. The van der Waals surface area contributed by atoms with E-state index < -0.39 is 0 Å². The van der Waals surface area contributed by atoms with Gasteiger partial charge in [0.15, 0.2) is 0 Å². The summed E-state index contributed by atoms with van der Waals surface area (Å²) in [5, 5.41) is 11.9. The molecule has 1 nitrogen and oxygen atoms in total. The number of rotatable bonds is 2. The number of aromatic hydroxyl groups is 1. The van der Waals surface area contributed by atoms with Crippen LogP contribution in [0.5, 0.6) is 5.75 Å². The molecule has 92 valence electrons. The Morgan fingerprint density at radius 1 is 1.00 bits per heavy atom. The van der Waals surface area contributed by atoms with Crippen molar-refractivity contribution in [3.63, 3.8) is 0 Å². The fourth-order valence-electron chi connectivity index (χ4n) is 1.96. The molecule has 0 heterocycles. The standard InChI is InChI=1S/C14H16O.C2H6/c1-3-10(2)11-8-9-14(15)13-7-5-4-6-12(11)13;1-2/h4-10,15H,3H2,1-2H3;1-2H3. The Labute approximate surface area is 104 Å². The van der Waals surface area contributed by atoms with Crippen LogP contribution in [0.15, 0.2) is 36.4 Å². The molecular weight excluding hydrogens is 208 g/mol. The third-order valence-electron chi connectivity index (χ3n) is 3.08. The van der Waals surface area contributed by atoms with Crippen molar-refractivity contribution in [2.45, 2.75) is 40.0 Å². The Balaban J connectivity index is 0.000000686. The minimum absolute atomic E-state index is 0.373. The third kappa shape index (κ3) is 2.79. The average Bonchev–Trinajstić information content (AvgIpc) is 2.41. The fraction of sp³-hybridized carbons (Fsp3) is 0.375.